The molecule has 1 atom stereocenters. The Bertz CT molecular complexity index is 307. The first-order chi connectivity index (χ1) is 9.13. The van der Waals surface area contributed by atoms with Crippen molar-refractivity contribution in [1.29, 1.82) is 0 Å². The Morgan fingerprint density at radius 1 is 1.20 bits per heavy atom. The topological polar surface area (TPSA) is 41.1 Å². The number of carbonyl (C=O) groups is 1. The molecule has 1 aliphatic carbocycles. The summed E-state index contributed by atoms with van der Waals surface area (Å²) >= 11 is 0. The number of amides is 1. The Kier molecular flexibility index (Phi) is 6.06. The van der Waals surface area contributed by atoms with E-state index in [-0.39, 0.29) is 11.9 Å². The zero-order valence-electron chi connectivity index (χ0n) is 14.3. The highest BCUT2D eigenvalue weighted by Gasteiger charge is 2.38. The molecule has 1 aliphatic rings. The van der Waals surface area contributed by atoms with E-state index in [1.807, 2.05) is 0 Å². The Labute approximate surface area is 125 Å². The SMILES string of the molecule is CCCC(C)NC(=O)CNC1CC(C)(C)CC(C)(C)C1. The Balaban J connectivity index is 2.39. The molecule has 3 nitrogen and oxygen atoms in total. The van der Waals surface area contributed by atoms with Crippen LogP contribution in [0.3, 0.4) is 0 Å². The monoisotopic (exact) mass is 282 g/mol. The average molecular weight is 282 g/mol. The number of hydrogen-bond acceptors (Lipinski definition) is 2. The van der Waals surface area contributed by atoms with Gasteiger partial charge in [0.15, 0.2) is 0 Å². The van der Waals surface area contributed by atoms with Gasteiger partial charge in [-0.3, -0.25) is 4.79 Å². The molecule has 0 aromatic rings. The van der Waals surface area contributed by atoms with Crippen LogP contribution in [0.4, 0.5) is 0 Å². The third-order valence-electron chi connectivity index (χ3n) is 4.24. The van der Waals surface area contributed by atoms with Gasteiger partial charge in [-0.25, -0.2) is 0 Å². The minimum Gasteiger partial charge on any atom is -0.353 e. The first-order valence-corrected chi connectivity index (χ1v) is 8.16. The van der Waals surface area contributed by atoms with Crippen LogP contribution in [0.1, 0.15) is 73.6 Å². The van der Waals surface area contributed by atoms with Crippen LogP contribution in [-0.4, -0.2) is 24.5 Å². The third-order valence-corrected chi connectivity index (χ3v) is 4.24. The van der Waals surface area contributed by atoms with E-state index < -0.39 is 0 Å². The van der Waals surface area contributed by atoms with Gasteiger partial charge in [0, 0.05) is 12.1 Å². The Morgan fingerprint density at radius 3 is 2.25 bits per heavy atom. The van der Waals surface area contributed by atoms with Gasteiger partial charge in [-0.2, -0.15) is 0 Å². The van der Waals surface area contributed by atoms with E-state index >= 15 is 0 Å². The standard InChI is InChI=1S/C17H34N2O/c1-7-8-13(2)19-15(20)11-18-14-9-16(3,4)12-17(5,6)10-14/h13-14,18H,7-12H2,1-6H3,(H,19,20). The van der Waals surface area contributed by atoms with Gasteiger partial charge in [0.05, 0.1) is 6.54 Å². The van der Waals surface area contributed by atoms with Crippen molar-refractivity contribution < 1.29 is 4.79 Å². The van der Waals surface area contributed by atoms with Crippen molar-refractivity contribution >= 4 is 5.91 Å². The van der Waals surface area contributed by atoms with E-state index in [1.165, 1.54) is 6.42 Å². The smallest absolute Gasteiger partial charge is 0.234 e. The Morgan fingerprint density at radius 2 is 1.75 bits per heavy atom. The molecule has 0 saturated heterocycles. The zero-order chi connectivity index (χ0) is 15.4. The molecule has 1 fully saturated rings. The first kappa shape index (κ1) is 17.5. The molecule has 3 heteroatoms. The van der Waals surface area contributed by atoms with Crippen LogP contribution in [0, 0.1) is 10.8 Å². The molecule has 1 unspecified atom stereocenters. The molecule has 0 radical (unpaired) electrons. The summed E-state index contributed by atoms with van der Waals surface area (Å²) in [7, 11) is 0. The minimum absolute atomic E-state index is 0.132. The number of hydrogen-bond donors (Lipinski definition) is 2. The van der Waals surface area contributed by atoms with Crippen LogP contribution in [0.2, 0.25) is 0 Å². The molecule has 0 spiro atoms. The molecule has 1 saturated carbocycles. The van der Waals surface area contributed by atoms with E-state index in [9.17, 15) is 4.79 Å². The molecule has 20 heavy (non-hydrogen) atoms. The van der Waals surface area contributed by atoms with Crippen molar-refractivity contribution in [2.45, 2.75) is 85.7 Å². The van der Waals surface area contributed by atoms with Gasteiger partial charge >= 0.3 is 0 Å². The van der Waals surface area contributed by atoms with Gasteiger partial charge in [-0.15, -0.1) is 0 Å². The predicted molar refractivity (Wildman–Crippen MR) is 85.7 cm³/mol. The quantitative estimate of drug-likeness (QED) is 0.783. The van der Waals surface area contributed by atoms with Crippen LogP contribution >= 0.6 is 0 Å². The normalized spacial score (nSPS) is 23.3. The highest BCUT2D eigenvalue weighted by atomic mass is 16.1. The maximum absolute atomic E-state index is 11.9. The van der Waals surface area contributed by atoms with Crippen molar-refractivity contribution in [2.75, 3.05) is 6.54 Å². The lowest BCUT2D eigenvalue weighted by atomic mass is 9.63. The summed E-state index contributed by atoms with van der Waals surface area (Å²) < 4.78 is 0. The summed E-state index contributed by atoms with van der Waals surface area (Å²) in [4.78, 5) is 11.9. The van der Waals surface area contributed by atoms with Crippen LogP contribution in [0.25, 0.3) is 0 Å². The predicted octanol–water partition coefficient (Wildman–Crippen LogP) is 3.49. The van der Waals surface area contributed by atoms with Gasteiger partial charge in [-0.1, -0.05) is 41.0 Å². The second-order valence-electron chi connectivity index (χ2n) is 8.25. The van der Waals surface area contributed by atoms with Crippen molar-refractivity contribution in [3.63, 3.8) is 0 Å². The van der Waals surface area contributed by atoms with Crippen molar-refractivity contribution in [3.05, 3.63) is 0 Å². The lowest BCUT2D eigenvalue weighted by molar-refractivity contribution is -0.121. The van der Waals surface area contributed by atoms with Crippen LogP contribution < -0.4 is 10.6 Å². The summed E-state index contributed by atoms with van der Waals surface area (Å²) in [6.07, 6.45) is 5.75. The van der Waals surface area contributed by atoms with E-state index in [1.54, 1.807) is 0 Å². The summed E-state index contributed by atoms with van der Waals surface area (Å²) in [5, 5.41) is 6.53. The van der Waals surface area contributed by atoms with E-state index in [0.717, 1.165) is 25.7 Å². The average Bonchev–Trinajstić information content (AvgIpc) is 2.22. The fourth-order valence-electron chi connectivity index (χ4n) is 4.06. The molecule has 2 N–H and O–H groups in total. The molecule has 1 rings (SSSR count). The number of carbonyl (C=O) groups excluding carboxylic acids is 1. The van der Waals surface area contributed by atoms with Gasteiger partial charge < -0.3 is 10.6 Å². The highest BCUT2D eigenvalue weighted by molar-refractivity contribution is 5.78. The summed E-state index contributed by atoms with van der Waals surface area (Å²) in [6.45, 7) is 14.0. The van der Waals surface area contributed by atoms with Crippen LogP contribution in [0.15, 0.2) is 0 Å². The first-order valence-electron chi connectivity index (χ1n) is 8.16. The van der Waals surface area contributed by atoms with Crippen molar-refractivity contribution in [1.82, 2.24) is 10.6 Å². The van der Waals surface area contributed by atoms with Gasteiger partial charge in [0.1, 0.15) is 0 Å². The minimum atomic E-state index is 0.132. The largest absolute Gasteiger partial charge is 0.353 e. The molecule has 0 aromatic heterocycles. The maximum Gasteiger partial charge on any atom is 0.234 e. The molecule has 118 valence electrons. The Hall–Kier alpha value is -0.570. The van der Waals surface area contributed by atoms with Gasteiger partial charge in [-0.05, 0) is 43.4 Å². The van der Waals surface area contributed by atoms with Gasteiger partial charge in [0.2, 0.25) is 5.91 Å². The second kappa shape index (κ2) is 6.93. The summed E-state index contributed by atoms with van der Waals surface area (Å²) in [6, 6.07) is 0.745. The van der Waals surface area contributed by atoms with E-state index in [0.29, 0.717) is 23.4 Å². The lowest BCUT2D eigenvalue weighted by Gasteiger charge is -2.45. The zero-order valence-corrected chi connectivity index (χ0v) is 14.3. The van der Waals surface area contributed by atoms with Crippen LogP contribution in [0.5, 0.6) is 0 Å². The maximum atomic E-state index is 11.9. The summed E-state index contributed by atoms with van der Waals surface area (Å²) in [5.74, 6) is 0.132. The van der Waals surface area contributed by atoms with E-state index in [4.69, 9.17) is 0 Å². The fourth-order valence-corrected chi connectivity index (χ4v) is 4.06. The fraction of sp³-hybridized carbons (Fsp3) is 0.941. The third kappa shape index (κ3) is 6.25. The molecule has 0 heterocycles. The molecular formula is C17H34N2O. The lowest BCUT2D eigenvalue weighted by Crippen LogP contribution is -2.47. The van der Waals surface area contributed by atoms with Crippen molar-refractivity contribution in [2.24, 2.45) is 10.8 Å². The second-order valence-corrected chi connectivity index (χ2v) is 8.25. The molecule has 0 aliphatic heterocycles. The molecule has 0 aromatic carbocycles. The number of rotatable bonds is 6. The number of nitrogens with one attached hydrogen (secondary N) is 2. The summed E-state index contributed by atoms with van der Waals surface area (Å²) in [5.41, 5.74) is 0.733. The van der Waals surface area contributed by atoms with Gasteiger partial charge in [0.25, 0.3) is 0 Å². The highest BCUT2D eigenvalue weighted by Crippen LogP contribution is 2.45. The molecule has 1 amide bonds. The van der Waals surface area contributed by atoms with E-state index in [2.05, 4.69) is 52.2 Å². The molecule has 0 bridgehead atoms. The van der Waals surface area contributed by atoms with Crippen LogP contribution in [-0.2, 0) is 4.79 Å². The molecular weight excluding hydrogens is 248 g/mol. The van der Waals surface area contributed by atoms with Crippen molar-refractivity contribution in [3.8, 4) is 0 Å².